The maximum atomic E-state index is 5.47. The summed E-state index contributed by atoms with van der Waals surface area (Å²) in [6.45, 7) is 0. The molecule has 0 atom stereocenters. The SMILES string of the molecule is C#CCCCC[PH](c1ccccc1)(c1ccccc1)c1ccccc1. The minimum absolute atomic E-state index is 0.864. The number of rotatable bonds is 7. The van der Waals surface area contributed by atoms with E-state index in [4.69, 9.17) is 6.42 Å². The molecule has 0 amide bonds. The third-order valence-electron chi connectivity index (χ3n) is 4.92. The molecule has 0 saturated carbocycles. The van der Waals surface area contributed by atoms with Gasteiger partial charge in [0.2, 0.25) is 0 Å². The van der Waals surface area contributed by atoms with Crippen molar-refractivity contribution >= 4 is 23.2 Å². The Morgan fingerprint density at radius 1 is 0.600 bits per heavy atom. The van der Waals surface area contributed by atoms with E-state index in [1.54, 1.807) is 0 Å². The van der Waals surface area contributed by atoms with Gasteiger partial charge in [-0.1, -0.05) is 0 Å². The molecular weight excluding hydrogens is 319 g/mol. The van der Waals surface area contributed by atoms with Crippen LogP contribution in [0.15, 0.2) is 91.0 Å². The van der Waals surface area contributed by atoms with Crippen LogP contribution in [0.4, 0.5) is 0 Å². The van der Waals surface area contributed by atoms with Gasteiger partial charge in [-0.25, -0.2) is 0 Å². The molecule has 0 bridgehead atoms. The fraction of sp³-hybridized carbons (Fsp3) is 0.167. The summed E-state index contributed by atoms with van der Waals surface area (Å²) in [5, 5.41) is 4.44. The van der Waals surface area contributed by atoms with Gasteiger partial charge in [0.05, 0.1) is 0 Å². The summed E-state index contributed by atoms with van der Waals surface area (Å²) in [5.74, 6) is 2.79. The van der Waals surface area contributed by atoms with E-state index in [1.807, 2.05) is 0 Å². The van der Waals surface area contributed by atoms with E-state index in [0.29, 0.717) is 0 Å². The molecule has 0 N–H and O–H groups in total. The van der Waals surface area contributed by atoms with Crippen LogP contribution >= 0.6 is 7.26 Å². The Hall–Kier alpha value is -2.35. The fourth-order valence-corrected chi connectivity index (χ4v) is 8.65. The summed E-state index contributed by atoms with van der Waals surface area (Å²) >= 11 is 0. The molecule has 1 heteroatoms. The predicted molar refractivity (Wildman–Crippen MR) is 114 cm³/mol. The molecular formula is C24H25P. The fourth-order valence-electron chi connectivity index (χ4n) is 3.72. The summed E-state index contributed by atoms with van der Waals surface area (Å²) < 4.78 is 0. The van der Waals surface area contributed by atoms with E-state index in [1.165, 1.54) is 22.1 Å². The minimum atomic E-state index is -2.04. The van der Waals surface area contributed by atoms with Crippen LogP contribution in [0.1, 0.15) is 19.3 Å². The van der Waals surface area contributed by atoms with Crippen LogP contribution in [-0.4, -0.2) is 6.16 Å². The molecule has 3 aromatic carbocycles. The van der Waals surface area contributed by atoms with Crippen molar-refractivity contribution in [2.24, 2.45) is 0 Å². The monoisotopic (exact) mass is 344 g/mol. The van der Waals surface area contributed by atoms with Gasteiger partial charge in [-0.05, 0) is 0 Å². The molecule has 0 aliphatic carbocycles. The number of hydrogen-bond acceptors (Lipinski definition) is 0. The predicted octanol–water partition coefficient (Wildman–Crippen LogP) is 4.52. The third kappa shape index (κ3) is 3.84. The summed E-state index contributed by atoms with van der Waals surface area (Å²) in [6.07, 6.45) is 9.78. The van der Waals surface area contributed by atoms with Crippen LogP contribution < -0.4 is 15.9 Å². The van der Waals surface area contributed by atoms with Gasteiger partial charge >= 0.3 is 152 Å². The maximum absolute atomic E-state index is 5.47. The van der Waals surface area contributed by atoms with Gasteiger partial charge in [0.25, 0.3) is 0 Å². The van der Waals surface area contributed by atoms with Crippen LogP contribution in [0.25, 0.3) is 0 Å². The van der Waals surface area contributed by atoms with Gasteiger partial charge in [0.15, 0.2) is 0 Å². The first-order valence-electron chi connectivity index (χ1n) is 8.98. The Bertz CT molecular complexity index is 704. The van der Waals surface area contributed by atoms with Gasteiger partial charge in [-0.2, -0.15) is 0 Å². The van der Waals surface area contributed by atoms with Crippen molar-refractivity contribution in [3.05, 3.63) is 91.0 Å². The second-order valence-electron chi connectivity index (χ2n) is 6.41. The molecule has 0 fully saturated rings. The van der Waals surface area contributed by atoms with Crippen molar-refractivity contribution in [3.63, 3.8) is 0 Å². The summed E-state index contributed by atoms with van der Waals surface area (Å²) in [5.41, 5.74) is 0. The number of benzene rings is 3. The van der Waals surface area contributed by atoms with E-state index >= 15 is 0 Å². The van der Waals surface area contributed by atoms with Crippen LogP contribution in [0.5, 0.6) is 0 Å². The molecule has 0 heterocycles. The molecule has 0 nitrogen and oxygen atoms in total. The van der Waals surface area contributed by atoms with Crippen LogP contribution in [0.3, 0.4) is 0 Å². The van der Waals surface area contributed by atoms with Crippen molar-refractivity contribution in [1.82, 2.24) is 0 Å². The molecule has 0 aliphatic heterocycles. The van der Waals surface area contributed by atoms with Gasteiger partial charge in [0.1, 0.15) is 0 Å². The van der Waals surface area contributed by atoms with E-state index in [0.717, 1.165) is 19.3 Å². The second-order valence-corrected chi connectivity index (χ2v) is 10.5. The normalized spacial score (nSPS) is 11.6. The van der Waals surface area contributed by atoms with Crippen molar-refractivity contribution < 1.29 is 0 Å². The molecule has 0 spiro atoms. The Labute approximate surface area is 152 Å². The van der Waals surface area contributed by atoms with Crippen molar-refractivity contribution in [3.8, 4) is 12.3 Å². The Morgan fingerprint density at radius 2 is 1.00 bits per heavy atom. The van der Waals surface area contributed by atoms with Gasteiger partial charge in [0, 0.05) is 0 Å². The Morgan fingerprint density at radius 3 is 1.36 bits per heavy atom. The van der Waals surface area contributed by atoms with E-state index in [9.17, 15) is 0 Å². The molecule has 126 valence electrons. The Kier molecular flexibility index (Phi) is 6.05. The van der Waals surface area contributed by atoms with Crippen molar-refractivity contribution in [1.29, 1.82) is 0 Å². The van der Waals surface area contributed by atoms with Crippen LogP contribution in [0, 0.1) is 12.3 Å². The van der Waals surface area contributed by atoms with Gasteiger partial charge < -0.3 is 0 Å². The van der Waals surface area contributed by atoms with Crippen LogP contribution in [-0.2, 0) is 0 Å². The van der Waals surface area contributed by atoms with E-state index < -0.39 is 7.26 Å². The average molecular weight is 344 g/mol. The molecule has 25 heavy (non-hydrogen) atoms. The summed E-state index contributed by atoms with van der Waals surface area (Å²) in [4.78, 5) is 0. The molecule has 3 rings (SSSR count). The quantitative estimate of drug-likeness (QED) is 0.336. The van der Waals surface area contributed by atoms with E-state index in [-0.39, 0.29) is 0 Å². The van der Waals surface area contributed by atoms with Crippen molar-refractivity contribution in [2.75, 3.05) is 6.16 Å². The topological polar surface area (TPSA) is 0 Å². The van der Waals surface area contributed by atoms with Gasteiger partial charge in [-0.3, -0.25) is 0 Å². The molecule has 0 radical (unpaired) electrons. The average Bonchev–Trinajstić information content (AvgIpc) is 2.70. The Balaban J connectivity index is 2.15. The molecule has 0 aliphatic rings. The second kappa shape index (κ2) is 8.66. The molecule has 0 saturated heterocycles. The van der Waals surface area contributed by atoms with Crippen molar-refractivity contribution in [2.45, 2.75) is 19.3 Å². The first-order chi connectivity index (χ1) is 12.4. The van der Waals surface area contributed by atoms with Crippen LogP contribution in [0.2, 0.25) is 0 Å². The summed E-state index contributed by atoms with van der Waals surface area (Å²) in [7, 11) is -2.04. The molecule has 3 aromatic rings. The first-order valence-corrected chi connectivity index (χ1v) is 11.2. The first kappa shape index (κ1) is 17.5. The number of terminal acetylenes is 1. The standard InChI is InChI=1S/C24H25P/c1-2-3-4-14-21-25(22-15-8-5-9-16-22,23-17-10-6-11-18-23)24-19-12-7-13-20-24/h1,5-13,15-20,25H,3-4,14,21H2. The summed E-state index contributed by atoms with van der Waals surface area (Å²) in [6, 6.07) is 33.2. The zero-order valence-corrected chi connectivity index (χ0v) is 15.6. The zero-order chi connectivity index (χ0) is 17.4. The number of hydrogen-bond donors (Lipinski definition) is 0. The molecule has 0 unspecified atom stereocenters. The zero-order valence-electron chi connectivity index (χ0n) is 14.6. The third-order valence-corrected chi connectivity index (χ3v) is 9.98. The van der Waals surface area contributed by atoms with Gasteiger partial charge in [-0.15, -0.1) is 0 Å². The number of unbranched alkanes of at least 4 members (excludes halogenated alkanes) is 2. The van der Waals surface area contributed by atoms with E-state index in [2.05, 4.69) is 96.9 Å². The molecule has 0 aromatic heterocycles.